The van der Waals surface area contributed by atoms with Gasteiger partial charge < -0.3 is 20.4 Å². The first-order chi connectivity index (χ1) is 4.29. The normalized spacial score (nSPS) is 8.89. The Hall–Kier alpha value is -1.52. The van der Waals surface area contributed by atoms with Crippen LogP contribution in [0.1, 0.15) is 0 Å². The summed E-state index contributed by atoms with van der Waals surface area (Å²) in [5.74, 6) is -0.289. The van der Waals surface area contributed by atoms with E-state index in [4.69, 9.17) is 10.2 Å². The molecule has 0 bridgehead atoms. The van der Waals surface area contributed by atoms with E-state index in [1.165, 1.54) is 12.4 Å². The molecule has 0 aliphatic carbocycles. The van der Waals surface area contributed by atoms with E-state index < -0.39 is 0 Å². The number of aromatic nitrogens is 3. The molecule has 1 aromatic rings. The van der Waals surface area contributed by atoms with Crippen molar-refractivity contribution in [2.45, 2.75) is 0 Å². The van der Waals surface area contributed by atoms with Crippen molar-refractivity contribution in [3.05, 3.63) is 12.4 Å². The van der Waals surface area contributed by atoms with E-state index in [1.54, 1.807) is 0 Å². The first-order valence-electron chi connectivity index (χ1n) is 2.35. The van der Waals surface area contributed by atoms with Gasteiger partial charge in [0.2, 0.25) is 11.8 Å². The fourth-order valence-electron chi connectivity index (χ4n) is 0.423. The third-order valence-electron chi connectivity index (χ3n) is 0.757. The molecule has 0 saturated heterocycles. The summed E-state index contributed by atoms with van der Waals surface area (Å²) in [7, 11) is 0. The molecular formula is C4H7N3O2. The summed E-state index contributed by atoms with van der Waals surface area (Å²) < 4.78 is 0. The first-order valence-corrected chi connectivity index (χ1v) is 2.35. The standard InChI is InChI=1S/C4H7N3O2/c8-3-1-5-6-2-4(9)7-3/h1-2,5-9H. The summed E-state index contributed by atoms with van der Waals surface area (Å²) in [5, 5.41) is 22.3. The van der Waals surface area contributed by atoms with Gasteiger partial charge in [0.1, 0.15) is 0 Å². The molecule has 0 amide bonds. The molecular weight excluding hydrogens is 122 g/mol. The van der Waals surface area contributed by atoms with Gasteiger partial charge in [0.05, 0.1) is 12.4 Å². The molecule has 9 heavy (non-hydrogen) atoms. The monoisotopic (exact) mass is 129 g/mol. The Bertz CT molecular complexity index is 198. The highest BCUT2D eigenvalue weighted by Crippen LogP contribution is 2.02. The van der Waals surface area contributed by atoms with Crippen molar-refractivity contribution < 1.29 is 10.2 Å². The molecule has 50 valence electrons. The van der Waals surface area contributed by atoms with E-state index in [2.05, 4.69) is 15.2 Å². The van der Waals surface area contributed by atoms with Gasteiger partial charge in [-0.2, -0.15) is 0 Å². The van der Waals surface area contributed by atoms with Gasteiger partial charge in [0, 0.05) is 0 Å². The molecule has 5 N–H and O–H groups in total. The van der Waals surface area contributed by atoms with Crippen LogP contribution in [0.4, 0.5) is 0 Å². The maximum absolute atomic E-state index is 8.71. The van der Waals surface area contributed by atoms with Crippen molar-refractivity contribution in [2.24, 2.45) is 0 Å². The second-order valence-corrected chi connectivity index (χ2v) is 1.47. The Morgan fingerprint density at radius 3 is 1.89 bits per heavy atom. The van der Waals surface area contributed by atoms with Gasteiger partial charge in [-0.1, -0.05) is 0 Å². The average Bonchev–Trinajstić information content (AvgIpc) is 1.93. The first kappa shape index (κ1) is 5.61. The minimum absolute atomic E-state index is 0.145. The van der Waals surface area contributed by atoms with E-state index >= 15 is 0 Å². The molecule has 1 heterocycles. The van der Waals surface area contributed by atoms with Crippen LogP contribution in [0.2, 0.25) is 0 Å². The zero-order valence-corrected chi connectivity index (χ0v) is 4.55. The zero-order valence-electron chi connectivity index (χ0n) is 4.55. The Labute approximate surface area is 50.7 Å². The largest absolute Gasteiger partial charge is 0.493 e. The molecule has 0 saturated carbocycles. The molecule has 1 aromatic heterocycles. The van der Waals surface area contributed by atoms with Gasteiger partial charge in [0.15, 0.2) is 0 Å². The second kappa shape index (κ2) is 2.17. The smallest absolute Gasteiger partial charge is 0.209 e. The molecule has 1 rings (SSSR count). The Morgan fingerprint density at radius 2 is 1.44 bits per heavy atom. The van der Waals surface area contributed by atoms with Gasteiger partial charge in [-0.05, 0) is 0 Å². The van der Waals surface area contributed by atoms with Crippen LogP contribution in [0.3, 0.4) is 0 Å². The van der Waals surface area contributed by atoms with Crippen LogP contribution in [0.5, 0.6) is 11.8 Å². The van der Waals surface area contributed by atoms with Crippen molar-refractivity contribution in [2.75, 3.05) is 0 Å². The van der Waals surface area contributed by atoms with Gasteiger partial charge in [-0.25, -0.2) is 0 Å². The van der Waals surface area contributed by atoms with E-state index in [0.29, 0.717) is 0 Å². The lowest BCUT2D eigenvalue weighted by Gasteiger charge is -1.82. The second-order valence-electron chi connectivity index (χ2n) is 1.47. The predicted octanol–water partition coefficient (Wildman–Crippen LogP) is 0.206. The van der Waals surface area contributed by atoms with Crippen LogP contribution < -0.4 is 0 Å². The summed E-state index contributed by atoms with van der Waals surface area (Å²) >= 11 is 0. The highest BCUT2D eigenvalue weighted by atomic mass is 16.3. The maximum Gasteiger partial charge on any atom is 0.209 e. The molecule has 0 aromatic carbocycles. The Morgan fingerprint density at radius 1 is 1.00 bits per heavy atom. The minimum Gasteiger partial charge on any atom is -0.493 e. The third-order valence-corrected chi connectivity index (χ3v) is 0.757. The number of aromatic amines is 3. The lowest BCUT2D eigenvalue weighted by molar-refractivity contribution is 0.416. The predicted molar refractivity (Wildman–Crippen MR) is 30.5 cm³/mol. The van der Waals surface area contributed by atoms with Crippen molar-refractivity contribution in [3.63, 3.8) is 0 Å². The number of H-pyrrole nitrogens is 3. The molecule has 0 unspecified atom stereocenters. The number of aromatic hydroxyl groups is 2. The van der Waals surface area contributed by atoms with Crippen LogP contribution in [0, 0.1) is 0 Å². The van der Waals surface area contributed by atoms with Crippen molar-refractivity contribution >= 4 is 0 Å². The van der Waals surface area contributed by atoms with E-state index in [9.17, 15) is 0 Å². The highest BCUT2D eigenvalue weighted by Gasteiger charge is 1.82. The third kappa shape index (κ3) is 1.45. The molecule has 0 atom stereocenters. The maximum atomic E-state index is 8.71. The summed E-state index contributed by atoms with van der Waals surface area (Å²) in [4.78, 5) is 2.25. The number of hydrogen-bond donors (Lipinski definition) is 5. The van der Waals surface area contributed by atoms with Gasteiger partial charge in [-0.15, -0.1) is 0 Å². The number of rotatable bonds is 0. The highest BCUT2D eigenvalue weighted by molar-refractivity contribution is 5.05. The van der Waals surface area contributed by atoms with Gasteiger partial charge in [-0.3, -0.25) is 4.98 Å². The van der Waals surface area contributed by atoms with Crippen LogP contribution in [0.25, 0.3) is 0 Å². The summed E-state index contributed by atoms with van der Waals surface area (Å²) in [5.41, 5.74) is 0. The summed E-state index contributed by atoms with van der Waals surface area (Å²) in [6, 6.07) is 0. The Balaban J connectivity index is 3.20. The lowest BCUT2D eigenvalue weighted by Crippen LogP contribution is -1.65. The number of hydrogen-bond acceptors (Lipinski definition) is 2. The lowest BCUT2D eigenvalue weighted by atomic mass is 10.8. The minimum atomic E-state index is -0.145. The van der Waals surface area contributed by atoms with E-state index in [1.807, 2.05) is 0 Å². The van der Waals surface area contributed by atoms with Crippen LogP contribution in [-0.2, 0) is 0 Å². The quantitative estimate of drug-likeness (QED) is 0.346. The topological polar surface area (TPSA) is 87.8 Å². The molecule has 0 aliphatic rings. The van der Waals surface area contributed by atoms with E-state index in [-0.39, 0.29) is 11.8 Å². The van der Waals surface area contributed by atoms with Gasteiger partial charge in [0.25, 0.3) is 0 Å². The zero-order chi connectivity index (χ0) is 6.69. The van der Waals surface area contributed by atoms with Crippen LogP contribution in [0.15, 0.2) is 12.4 Å². The molecule has 0 spiro atoms. The van der Waals surface area contributed by atoms with Crippen molar-refractivity contribution in [1.82, 2.24) is 15.2 Å². The van der Waals surface area contributed by atoms with Crippen LogP contribution >= 0.6 is 0 Å². The van der Waals surface area contributed by atoms with Crippen molar-refractivity contribution in [1.29, 1.82) is 0 Å². The fraction of sp³-hybridized carbons (Fsp3) is 0. The summed E-state index contributed by atoms with van der Waals surface area (Å²) in [6.07, 6.45) is 2.53. The average molecular weight is 129 g/mol. The molecule has 0 aliphatic heterocycles. The van der Waals surface area contributed by atoms with Gasteiger partial charge >= 0.3 is 0 Å². The SMILES string of the molecule is Oc1c[nH][nH]cc(O)[nH]1. The molecule has 0 radical (unpaired) electrons. The van der Waals surface area contributed by atoms with E-state index in [0.717, 1.165) is 0 Å². The summed E-state index contributed by atoms with van der Waals surface area (Å²) in [6.45, 7) is 0. The molecule has 5 nitrogen and oxygen atoms in total. The molecule has 0 fully saturated rings. The van der Waals surface area contributed by atoms with Crippen molar-refractivity contribution in [3.8, 4) is 11.8 Å². The Kier molecular flexibility index (Phi) is 1.35. The fourth-order valence-corrected chi connectivity index (χ4v) is 0.423. The number of nitrogens with one attached hydrogen (secondary N) is 3. The van der Waals surface area contributed by atoms with Crippen LogP contribution in [-0.4, -0.2) is 25.4 Å². The molecule has 5 heteroatoms.